The number of hydrogen-bond donors (Lipinski definition) is 1. The zero-order valence-electron chi connectivity index (χ0n) is 9.99. The third-order valence-corrected chi connectivity index (χ3v) is 2.83. The molecule has 2 nitrogen and oxygen atoms in total. The molecule has 0 saturated heterocycles. The van der Waals surface area contributed by atoms with Gasteiger partial charge in [-0.25, -0.2) is 0 Å². The van der Waals surface area contributed by atoms with E-state index in [1.165, 1.54) is 12.1 Å². The van der Waals surface area contributed by atoms with E-state index in [9.17, 15) is 18.3 Å². The summed E-state index contributed by atoms with van der Waals surface area (Å²) in [5.41, 5.74) is 0.406. The molecule has 0 radical (unpaired) electrons. The van der Waals surface area contributed by atoms with Gasteiger partial charge in [0.05, 0.1) is 0 Å². The largest absolute Gasteiger partial charge is 0.418 e. The molecule has 0 saturated carbocycles. The van der Waals surface area contributed by atoms with Crippen LogP contribution in [0.5, 0.6) is 0 Å². The first-order valence-electron chi connectivity index (χ1n) is 5.25. The Morgan fingerprint density at radius 1 is 1.12 bits per heavy atom. The third kappa shape index (κ3) is 3.20. The van der Waals surface area contributed by atoms with Crippen LogP contribution in [-0.4, -0.2) is 30.3 Å². The molecule has 0 aliphatic carbocycles. The van der Waals surface area contributed by atoms with Gasteiger partial charge in [-0.05, 0) is 32.1 Å². The molecule has 1 aromatic rings. The average molecular weight is 247 g/mol. The summed E-state index contributed by atoms with van der Waals surface area (Å²) < 4.78 is 37.5. The average Bonchev–Trinajstić information content (AvgIpc) is 2.25. The second kappa shape index (κ2) is 5.06. The summed E-state index contributed by atoms with van der Waals surface area (Å²) in [6, 6.07) is 5.89. The van der Waals surface area contributed by atoms with E-state index in [0.717, 1.165) is 0 Å². The van der Waals surface area contributed by atoms with Crippen LogP contribution in [0.1, 0.15) is 30.2 Å². The van der Waals surface area contributed by atoms with Crippen LogP contribution in [0.15, 0.2) is 24.3 Å². The van der Waals surface area contributed by atoms with Gasteiger partial charge in [-0.2, -0.15) is 13.2 Å². The van der Waals surface area contributed by atoms with Crippen molar-refractivity contribution in [3.05, 3.63) is 35.4 Å². The number of alkyl halides is 3. The molecule has 0 aliphatic rings. The third-order valence-electron chi connectivity index (χ3n) is 2.83. The molecule has 96 valence electrons. The van der Waals surface area contributed by atoms with Crippen molar-refractivity contribution in [1.82, 2.24) is 4.90 Å². The molecule has 0 aromatic heterocycles. The molecule has 0 amide bonds. The van der Waals surface area contributed by atoms with Crippen LogP contribution in [0.2, 0.25) is 0 Å². The molecule has 0 fully saturated rings. The minimum atomic E-state index is -4.64. The Morgan fingerprint density at radius 2 is 1.59 bits per heavy atom. The van der Waals surface area contributed by atoms with Crippen LogP contribution in [0.25, 0.3) is 0 Å². The molecule has 1 N–H and O–H groups in total. The molecule has 5 heteroatoms. The van der Waals surface area contributed by atoms with Crippen molar-refractivity contribution in [2.45, 2.75) is 25.2 Å². The van der Waals surface area contributed by atoms with Gasteiger partial charge in [-0.3, -0.25) is 0 Å². The lowest BCUT2D eigenvalue weighted by Crippen LogP contribution is -2.24. The molecule has 0 spiro atoms. The summed E-state index contributed by atoms with van der Waals surface area (Å²) in [6.45, 7) is 1.79. The predicted octanol–water partition coefficient (Wildman–Crippen LogP) is 2.90. The van der Waals surface area contributed by atoms with Crippen LogP contribution in [0, 0.1) is 0 Å². The van der Waals surface area contributed by atoms with Crippen LogP contribution >= 0.6 is 0 Å². The predicted molar refractivity (Wildman–Crippen MR) is 59.6 cm³/mol. The molecule has 0 bridgehead atoms. The van der Waals surface area contributed by atoms with Crippen molar-refractivity contribution in [1.29, 1.82) is 0 Å². The number of halogens is 3. The summed E-state index contributed by atoms with van der Waals surface area (Å²) in [7, 11) is 3.56. The van der Waals surface area contributed by atoms with Gasteiger partial charge in [0.25, 0.3) is 0 Å². The Morgan fingerprint density at radius 3 is 2.00 bits per heavy atom. The summed E-state index contributed by atoms with van der Waals surface area (Å²) >= 11 is 0. The van der Waals surface area contributed by atoms with Gasteiger partial charge in [0.2, 0.25) is 0 Å². The zero-order valence-corrected chi connectivity index (χ0v) is 9.99. The number of aliphatic hydroxyl groups is 1. The van der Waals surface area contributed by atoms with Crippen molar-refractivity contribution >= 4 is 0 Å². The van der Waals surface area contributed by atoms with Crippen LogP contribution in [-0.2, 0) is 0 Å². The standard InChI is InChI=1S/C12H16F3NO/c1-8(16(2)3)9-6-4-5-7-10(9)11(17)12(13,14)15/h4-8,11,17H,1-3H3/t8-,11+/m0/s1. The molecule has 2 atom stereocenters. The van der Waals surface area contributed by atoms with E-state index in [4.69, 9.17) is 0 Å². The van der Waals surface area contributed by atoms with E-state index < -0.39 is 12.3 Å². The van der Waals surface area contributed by atoms with Gasteiger partial charge in [0, 0.05) is 6.04 Å². The highest BCUT2D eigenvalue weighted by Gasteiger charge is 2.40. The van der Waals surface area contributed by atoms with Gasteiger partial charge in [-0.1, -0.05) is 24.3 Å². The molecular weight excluding hydrogens is 231 g/mol. The molecule has 0 unspecified atom stereocenters. The fourth-order valence-electron chi connectivity index (χ4n) is 1.59. The van der Waals surface area contributed by atoms with E-state index >= 15 is 0 Å². The van der Waals surface area contributed by atoms with E-state index in [2.05, 4.69) is 0 Å². The molecule has 17 heavy (non-hydrogen) atoms. The van der Waals surface area contributed by atoms with Gasteiger partial charge >= 0.3 is 6.18 Å². The maximum atomic E-state index is 12.5. The van der Waals surface area contributed by atoms with E-state index in [-0.39, 0.29) is 11.6 Å². The first-order chi connectivity index (χ1) is 7.75. The Kier molecular flexibility index (Phi) is 4.16. The summed E-state index contributed by atoms with van der Waals surface area (Å²) in [6.07, 6.45) is -7.07. The lowest BCUT2D eigenvalue weighted by atomic mass is 9.96. The molecule has 1 aromatic carbocycles. The van der Waals surface area contributed by atoms with Gasteiger partial charge in [-0.15, -0.1) is 0 Å². The summed E-state index contributed by atoms with van der Waals surface area (Å²) in [5.74, 6) is 0. The van der Waals surface area contributed by atoms with Crippen molar-refractivity contribution < 1.29 is 18.3 Å². The van der Waals surface area contributed by atoms with Gasteiger partial charge < -0.3 is 10.0 Å². The minimum Gasteiger partial charge on any atom is -0.379 e. The summed E-state index contributed by atoms with van der Waals surface area (Å²) in [4.78, 5) is 1.79. The number of rotatable bonds is 3. The van der Waals surface area contributed by atoms with Crippen molar-refractivity contribution in [3.63, 3.8) is 0 Å². The highest BCUT2D eigenvalue weighted by molar-refractivity contribution is 5.32. The normalized spacial score (nSPS) is 16.0. The maximum Gasteiger partial charge on any atom is 0.418 e. The number of nitrogens with zero attached hydrogens (tertiary/aromatic N) is 1. The van der Waals surface area contributed by atoms with Crippen LogP contribution in [0.4, 0.5) is 13.2 Å². The molecule has 0 aliphatic heterocycles. The van der Waals surface area contributed by atoms with E-state index in [1.807, 2.05) is 0 Å². The SMILES string of the molecule is C[C@@H](c1ccccc1[C@@H](O)C(F)(F)F)N(C)C. The second-order valence-electron chi connectivity index (χ2n) is 4.21. The van der Waals surface area contributed by atoms with Gasteiger partial charge in [0.15, 0.2) is 6.10 Å². The summed E-state index contributed by atoms with van der Waals surface area (Å²) in [5, 5.41) is 9.33. The highest BCUT2D eigenvalue weighted by atomic mass is 19.4. The van der Waals surface area contributed by atoms with E-state index in [1.54, 1.807) is 38.1 Å². The number of hydrogen-bond acceptors (Lipinski definition) is 2. The van der Waals surface area contributed by atoms with Crippen molar-refractivity contribution in [2.75, 3.05) is 14.1 Å². The Balaban J connectivity index is 3.17. The molecular formula is C12H16F3NO. The fraction of sp³-hybridized carbons (Fsp3) is 0.500. The smallest absolute Gasteiger partial charge is 0.379 e. The van der Waals surface area contributed by atoms with Crippen molar-refractivity contribution in [2.24, 2.45) is 0 Å². The van der Waals surface area contributed by atoms with Crippen molar-refractivity contribution in [3.8, 4) is 0 Å². The lowest BCUT2D eigenvalue weighted by molar-refractivity contribution is -0.207. The quantitative estimate of drug-likeness (QED) is 0.887. The highest BCUT2D eigenvalue weighted by Crippen LogP contribution is 2.36. The van der Waals surface area contributed by atoms with Crippen LogP contribution in [0.3, 0.4) is 0 Å². The Labute approximate surface area is 98.7 Å². The number of aliphatic hydroxyl groups excluding tert-OH is 1. The fourth-order valence-corrected chi connectivity index (χ4v) is 1.59. The topological polar surface area (TPSA) is 23.5 Å². The van der Waals surface area contributed by atoms with Crippen LogP contribution < -0.4 is 0 Å². The maximum absolute atomic E-state index is 12.5. The molecule has 0 heterocycles. The monoisotopic (exact) mass is 247 g/mol. The molecule has 1 rings (SSSR count). The minimum absolute atomic E-state index is 0.0822. The first kappa shape index (κ1) is 14.0. The van der Waals surface area contributed by atoms with E-state index in [0.29, 0.717) is 5.56 Å². The Bertz CT molecular complexity index is 376. The zero-order chi connectivity index (χ0) is 13.2. The Hall–Kier alpha value is -1.07. The first-order valence-corrected chi connectivity index (χ1v) is 5.25. The van der Waals surface area contributed by atoms with Gasteiger partial charge in [0.1, 0.15) is 0 Å². The number of benzene rings is 1. The lowest BCUT2D eigenvalue weighted by Gasteiger charge is -2.25. The second-order valence-corrected chi connectivity index (χ2v) is 4.21.